The van der Waals surface area contributed by atoms with Crippen LogP contribution in [0.1, 0.15) is 34.1 Å². The van der Waals surface area contributed by atoms with Crippen LogP contribution in [-0.2, 0) is 35.9 Å². The number of carbonyl (C=O) groups excluding carboxylic acids is 1. The molecule has 3 aromatic rings. The molecule has 1 fully saturated rings. The first-order valence-corrected chi connectivity index (χ1v) is 11.4. The largest absolute Gasteiger partial charge is 0.461 e. The summed E-state index contributed by atoms with van der Waals surface area (Å²) in [6, 6.07) is 8.35. The first kappa shape index (κ1) is 21.5. The molecule has 2 aromatic heterocycles. The zero-order valence-electron chi connectivity index (χ0n) is 19.0. The zero-order chi connectivity index (χ0) is 22.8. The number of fused-ring (bicyclic) bond motifs is 3. The van der Waals surface area contributed by atoms with Crippen molar-refractivity contribution in [3.63, 3.8) is 0 Å². The number of anilines is 2. The number of carbonyl (C=O) groups is 1. The molecule has 5 rings (SSSR count). The van der Waals surface area contributed by atoms with E-state index >= 15 is 0 Å². The number of hydrogen-bond acceptors (Lipinski definition) is 8. The Morgan fingerprint density at radius 3 is 2.73 bits per heavy atom. The predicted octanol–water partition coefficient (Wildman–Crippen LogP) is 2.73. The Bertz CT molecular complexity index is 1150. The third-order valence-corrected chi connectivity index (χ3v) is 6.07. The van der Waals surface area contributed by atoms with Crippen LogP contribution >= 0.6 is 0 Å². The molecular formula is C24H28N6O3. The van der Waals surface area contributed by atoms with E-state index in [1.807, 2.05) is 25.4 Å². The van der Waals surface area contributed by atoms with Gasteiger partial charge < -0.3 is 14.8 Å². The SMILES string of the molecule is CCOC(=O)c1nn(C)c2c1CCc1cnc(Nc3ccc(CN4CCOCC4)cc3)nc1-2. The fourth-order valence-electron chi connectivity index (χ4n) is 4.42. The van der Waals surface area contributed by atoms with Crippen molar-refractivity contribution >= 4 is 17.6 Å². The number of aromatic nitrogens is 4. The Kier molecular flexibility index (Phi) is 6.06. The second-order valence-corrected chi connectivity index (χ2v) is 8.30. The van der Waals surface area contributed by atoms with Crippen molar-refractivity contribution < 1.29 is 14.3 Å². The van der Waals surface area contributed by atoms with Crippen LogP contribution in [0.25, 0.3) is 11.4 Å². The molecule has 9 nitrogen and oxygen atoms in total. The fraction of sp³-hybridized carbons (Fsp3) is 0.417. The van der Waals surface area contributed by atoms with Gasteiger partial charge in [0.1, 0.15) is 0 Å². The van der Waals surface area contributed by atoms with Gasteiger partial charge in [0.05, 0.1) is 31.2 Å². The fourth-order valence-corrected chi connectivity index (χ4v) is 4.42. The topological polar surface area (TPSA) is 94.4 Å². The summed E-state index contributed by atoms with van der Waals surface area (Å²) in [5.74, 6) is 0.129. The Morgan fingerprint density at radius 1 is 1.18 bits per heavy atom. The van der Waals surface area contributed by atoms with E-state index in [0.29, 0.717) is 24.7 Å². The van der Waals surface area contributed by atoms with Crippen LogP contribution in [0.15, 0.2) is 30.5 Å². The molecular weight excluding hydrogens is 420 g/mol. The number of hydrogen-bond donors (Lipinski definition) is 1. The normalized spacial score (nSPS) is 15.6. The number of morpholine rings is 1. The maximum absolute atomic E-state index is 12.4. The van der Waals surface area contributed by atoms with Gasteiger partial charge in [-0.25, -0.2) is 14.8 Å². The maximum Gasteiger partial charge on any atom is 0.359 e. The first-order chi connectivity index (χ1) is 16.1. The van der Waals surface area contributed by atoms with Crippen LogP contribution in [0.3, 0.4) is 0 Å². The summed E-state index contributed by atoms with van der Waals surface area (Å²) >= 11 is 0. The molecule has 1 N–H and O–H groups in total. The van der Waals surface area contributed by atoms with Crippen LogP contribution < -0.4 is 5.32 Å². The minimum atomic E-state index is -0.387. The smallest absolute Gasteiger partial charge is 0.359 e. The predicted molar refractivity (Wildman–Crippen MR) is 123 cm³/mol. The molecule has 0 saturated carbocycles. The summed E-state index contributed by atoms with van der Waals surface area (Å²) in [6.45, 7) is 6.58. The summed E-state index contributed by atoms with van der Waals surface area (Å²) in [6.07, 6.45) is 3.33. The number of aryl methyl sites for hydroxylation is 2. The summed E-state index contributed by atoms with van der Waals surface area (Å²) in [7, 11) is 1.83. The van der Waals surface area contributed by atoms with Crippen LogP contribution in [0.5, 0.6) is 0 Å². The monoisotopic (exact) mass is 448 g/mol. The highest BCUT2D eigenvalue weighted by Gasteiger charge is 2.29. The average Bonchev–Trinajstić information content (AvgIpc) is 3.18. The lowest BCUT2D eigenvalue weighted by Crippen LogP contribution is -2.35. The van der Waals surface area contributed by atoms with Crippen LogP contribution in [0.4, 0.5) is 11.6 Å². The lowest BCUT2D eigenvalue weighted by Gasteiger charge is -2.26. The molecule has 0 atom stereocenters. The minimum Gasteiger partial charge on any atom is -0.461 e. The highest BCUT2D eigenvalue weighted by molar-refractivity contribution is 5.91. The van der Waals surface area contributed by atoms with Gasteiger partial charge in [0.2, 0.25) is 5.95 Å². The van der Waals surface area contributed by atoms with E-state index in [9.17, 15) is 4.79 Å². The summed E-state index contributed by atoms with van der Waals surface area (Å²) < 4.78 is 12.3. The van der Waals surface area contributed by atoms with Crippen molar-refractivity contribution in [1.29, 1.82) is 0 Å². The van der Waals surface area contributed by atoms with Crippen molar-refractivity contribution in [3.05, 3.63) is 52.8 Å². The van der Waals surface area contributed by atoms with Crippen molar-refractivity contribution in [3.8, 4) is 11.4 Å². The molecule has 0 unspecified atom stereocenters. The molecule has 0 spiro atoms. The molecule has 0 radical (unpaired) electrons. The lowest BCUT2D eigenvalue weighted by atomic mass is 9.93. The molecule has 0 bridgehead atoms. The van der Waals surface area contributed by atoms with E-state index in [2.05, 4.69) is 32.4 Å². The number of nitrogens with one attached hydrogen (secondary N) is 1. The van der Waals surface area contributed by atoms with E-state index < -0.39 is 0 Å². The number of nitrogens with zero attached hydrogens (tertiary/aromatic N) is 5. The van der Waals surface area contributed by atoms with Crippen LogP contribution in [0, 0.1) is 0 Å². The molecule has 9 heteroatoms. The number of rotatable bonds is 6. The molecule has 1 aliphatic heterocycles. The van der Waals surface area contributed by atoms with Gasteiger partial charge in [-0.15, -0.1) is 0 Å². The van der Waals surface area contributed by atoms with E-state index in [1.165, 1.54) is 5.56 Å². The van der Waals surface area contributed by atoms with Crippen LogP contribution in [0.2, 0.25) is 0 Å². The molecule has 172 valence electrons. The van der Waals surface area contributed by atoms with Gasteiger partial charge in [-0.05, 0) is 43.0 Å². The van der Waals surface area contributed by atoms with E-state index in [-0.39, 0.29) is 5.97 Å². The highest BCUT2D eigenvalue weighted by Crippen LogP contribution is 2.34. The Labute approximate surface area is 192 Å². The second-order valence-electron chi connectivity index (χ2n) is 8.30. The number of benzene rings is 1. The molecule has 0 amide bonds. The summed E-state index contributed by atoms with van der Waals surface area (Å²) in [5.41, 5.74) is 6.17. The third kappa shape index (κ3) is 4.46. The van der Waals surface area contributed by atoms with E-state index in [1.54, 1.807) is 11.6 Å². The number of ether oxygens (including phenoxy) is 2. The van der Waals surface area contributed by atoms with Gasteiger partial charge in [0.25, 0.3) is 0 Å². The Morgan fingerprint density at radius 2 is 1.97 bits per heavy atom. The van der Waals surface area contributed by atoms with Crippen molar-refractivity contribution in [2.24, 2.45) is 7.05 Å². The summed E-state index contributed by atoms with van der Waals surface area (Å²) in [4.78, 5) is 24.0. The molecule has 33 heavy (non-hydrogen) atoms. The average molecular weight is 449 g/mol. The van der Waals surface area contributed by atoms with Gasteiger partial charge in [0, 0.05) is 44.1 Å². The molecule has 1 saturated heterocycles. The van der Waals surface area contributed by atoms with Gasteiger partial charge in [0.15, 0.2) is 5.69 Å². The summed E-state index contributed by atoms with van der Waals surface area (Å²) in [5, 5.41) is 7.74. The zero-order valence-corrected chi connectivity index (χ0v) is 19.0. The third-order valence-electron chi connectivity index (χ3n) is 6.07. The van der Waals surface area contributed by atoms with Crippen molar-refractivity contribution in [1.82, 2.24) is 24.6 Å². The first-order valence-electron chi connectivity index (χ1n) is 11.4. The quantitative estimate of drug-likeness (QED) is 0.576. The maximum atomic E-state index is 12.4. The lowest BCUT2D eigenvalue weighted by molar-refractivity contribution is 0.0342. The molecule has 1 aromatic carbocycles. The number of esters is 1. The van der Waals surface area contributed by atoms with Gasteiger partial charge in [-0.2, -0.15) is 5.10 Å². The van der Waals surface area contributed by atoms with E-state index in [4.69, 9.17) is 14.5 Å². The van der Waals surface area contributed by atoms with Gasteiger partial charge in [-0.1, -0.05) is 12.1 Å². The molecule has 3 heterocycles. The minimum absolute atomic E-state index is 0.322. The Hall–Kier alpha value is -3.30. The highest BCUT2D eigenvalue weighted by atomic mass is 16.5. The van der Waals surface area contributed by atoms with Crippen molar-refractivity contribution in [2.45, 2.75) is 26.3 Å². The van der Waals surface area contributed by atoms with E-state index in [0.717, 1.165) is 67.5 Å². The van der Waals surface area contributed by atoms with Gasteiger partial charge >= 0.3 is 5.97 Å². The standard InChI is InChI=1S/C24H28N6O3/c1-3-33-23(31)21-19-9-6-17-14-25-24(27-20(17)22(19)29(2)28-21)26-18-7-4-16(5-8-18)15-30-10-12-32-13-11-30/h4-5,7-8,14H,3,6,9-13,15H2,1-2H3,(H,25,26,27). The van der Waals surface area contributed by atoms with Crippen molar-refractivity contribution in [2.75, 3.05) is 38.2 Å². The Balaban J connectivity index is 1.35. The molecule has 1 aliphatic carbocycles. The van der Waals surface area contributed by atoms with Crippen LogP contribution in [-0.4, -0.2) is 63.5 Å². The second kappa shape index (κ2) is 9.29. The van der Waals surface area contributed by atoms with Gasteiger partial charge in [-0.3, -0.25) is 9.58 Å². The molecule has 2 aliphatic rings.